The molecule has 2 aliphatic rings. The molecule has 2 N–H and O–H groups in total. The van der Waals surface area contributed by atoms with E-state index >= 15 is 0 Å². The number of hydrogen-bond donors (Lipinski definition) is 2. The first-order valence-corrected chi connectivity index (χ1v) is 6.60. The van der Waals surface area contributed by atoms with Crippen LogP contribution >= 0.6 is 0 Å². The van der Waals surface area contributed by atoms with E-state index in [0.717, 1.165) is 5.76 Å². The highest BCUT2D eigenvalue weighted by Gasteiger charge is 2.50. The highest BCUT2D eigenvalue weighted by molar-refractivity contribution is 5.80. The van der Waals surface area contributed by atoms with Crippen LogP contribution in [0.4, 0.5) is 9.59 Å². The lowest BCUT2D eigenvalue weighted by Gasteiger charge is -2.51. The van der Waals surface area contributed by atoms with E-state index in [-0.39, 0.29) is 36.2 Å². The number of carbonyl (C=O) groups is 2. The van der Waals surface area contributed by atoms with E-state index in [1.807, 2.05) is 13.0 Å². The fraction of sp³-hybridized carbons (Fsp3) is 0.538. The molecule has 1 aromatic rings. The number of nitrogens with zero attached hydrogens (tertiary/aromatic N) is 2. The van der Waals surface area contributed by atoms with Crippen LogP contribution in [0.15, 0.2) is 22.8 Å². The van der Waals surface area contributed by atoms with Crippen molar-refractivity contribution >= 4 is 12.1 Å². The molecule has 108 valence electrons. The minimum Gasteiger partial charge on any atom is -0.467 e. The molecule has 2 saturated heterocycles. The van der Waals surface area contributed by atoms with Gasteiger partial charge < -0.3 is 24.9 Å². The molecule has 0 bridgehead atoms. The predicted octanol–water partition coefficient (Wildman–Crippen LogP) is 0.961. The molecule has 0 saturated carbocycles. The number of urea groups is 2. The number of nitrogens with one attached hydrogen (secondary N) is 2. The molecule has 7 nitrogen and oxygen atoms in total. The Morgan fingerprint density at radius 3 is 2.50 bits per heavy atom. The highest BCUT2D eigenvalue weighted by atomic mass is 16.3. The van der Waals surface area contributed by atoms with Gasteiger partial charge in [0.1, 0.15) is 11.9 Å². The van der Waals surface area contributed by atoms with Crippen LogP contribution in [0.2, 0.25) is 0 Å². The van der Waals surface area contributed by atoms with E-state index in [2.05, 4.69) is 10.6 Å². The highest BCUT2D eigenvalue weighted by Crippen LogP contribution is 2.38. The van der Waals surface area contributed by atoms with E-state index in [1.54, 1.807) is 31.3 Å². The zero-order valence-electron chi connectivity index (χ0n) is 11.7. The number of amides is 4. The van der Waals surface area contributed by atoms with Gasteiger partial charge in [-0.1, -0.05) is 0 Å². The maximum absolute atomic E-state index is 12.1. The lowest BCUT2D eigenvalue weighted by Crippen LogP contribution is -2.71. The third kappa shape index (κ3) is 1.73. The summed E-state index contributed by atoms with van der Waals surface area (Å²) in [6.45, 7) is 1.95. The summed E-state index contributed by atoms with van der Waals surface area (Å²) in [7, 11) is 3.42. The Morgan fingerprint density at radius 2 is 1.85 bits per heavy atom. The zero-order chi connectivity index (χ0) is 14.4. The first-order chi connectivity index (χ1) is 9.50. The van der Waals surface area contributed by atoms with Gasteiger partial charge >= 0.3 is 12.1 Å². The van der Waals surface area contributed by atoms with Crippen LogP contribution in [0, 0.1) is 5.92 Å². The van der Waals surface area contributed by atoms with E-state index in [4.69, 9.17) is 4.42 Å². The summed E-state index contributed by atoms with van der Waals surface area (Å²) < 4.78 is 5.50. The monoisotopic (exact) mass is 278 g/mol. The lowest BCUT2D eigenvalue weighted by atomic mass is 9.83. The fourth-order valence-electron chi connectivity index (χ4n) is 3.14. The quantitative estimate of drug-likeness (QED) is 0.803. The van der Waals surface area contributed by atoms with Crippen LogP contribution in [0.1, 0.15) is 18.7 Å². The second-order valence-corrected chi connectivity index (χ2v) is 5.39. The molecular weight excluding hydrogens is 260 g/mol. The Balaban J connectivity index is 2.02. The molecule has 3 heterocycles. The molecule has 0 radical (unpaired) electrons. The third-order valence-corrected chi connectivity index (χ3v) is 4.24. The van der Waals surface area contributed by atoms with Gasteiger partial charge in [-0.05, 0) is 19.1 Å². The molecular formula is C13H18N4O3. The molecule has 4 amide bonds. The Labute approximate surface area is 116 Å². The van der Waals surface area contributed by atoms with Gasteiger partial charge in [-0.15, -0.1) is 0 Å². The molecule has 0 aromatic carbocycles. The topological polar surface area (TPSA) is 77.8 Å². The number of fused-ring (bicyclic) bond motifs is 1. The SMILES string of the molecule is C[C@H]1NC(=O)N(C)[C@@H]2NC(=O)N(C)[C@H](c3ccco3)[C@@H]21. The standard InChI is InChI=1S/C13H18N4O3/c1-7-9-10(8-5-4-6-20-8)16(2)13(19)15-11(9)17(3)12(18)14-7/h4-7,9-11H,1-3H3,(H,14,18)(H,15,19)/t7-,9+,10-,11+/m1/s1. The summed E-state index contributed by atoms with van der Waals surface area (Å²) in [5.41, 5.74) is 0. The number of furan rings is 1. The van der Waals surface area contributed by atoms with Gasteiger partial charge in [0.2, 0.25) is 0 Å². The van der Waals surface area contributed by atoms with Gasteiger partial charge in [0.05, 0.1) is 12.3 Å². The summed E-state index contributed by atoms with van der Waals surface area (Å²) in [5, 5.41) is 5.80. The van der Waals surface area contributed by atoms with Crippen molar-refractivity contribution in [2.24, 2.45) is 5.92 Å². The summed E-state index contributed by atoms with van der Waals surface area (Å²) >= 11 is 0. The first kappa shape index (κ1) is 12.8. The minimum absolute atomic E-state index is 0.00606. The van der Waals surface area contributed by atoms with Crippen molar-refractivity contribution < 1.29 is 14.0 Å². The summed E-state index contributed by atoms with van der Waals surface area (Å²) in [6.07, 6.45) is 1.26. The van der Waals surface area contributed by atoms with E-state index in [0.29, 0.717) is 0 Å². The van der Waals surface area contributed by atoms with Crippen LogP contribution in [0.3, 0.4) is 0 Å². The molecule has 20 heavy (non-hydrogen) atoms. The van der Waals surface area contributed by atoms with Crippen LogP contribution in [-0.4, -0.2) is 48.2 Å². The van der Waals surface area contributed by atoms with Crippen LogP contribution in [0.25, 0.3) is 0 Å². The average molecular weight is 278 g/mol. The van der Waals surface area contributed by atoms with E-state index < -0.39 is 0 Å². The molecule has 7 heteroatoms. The number of carbonyl (C=O) groups excluding carboxylic acids is 2. The molecule has 1 aromatic heterocycles. The van der Waals surface area contributed by atoms with Crippen LogP contribution < -0.4 is 10.6 Å². The number of rotatable bonds is 1. The average Bonchev–Trinajstić information content (AvgIpc) is 2.92. The molecule has 0 spiro atoms. The molecule has 0 unspecified atom stereocenters. The number of hydrogen-bond acceptors (Lipinski definition) is 3. The van der Waals surface area contributed by atoms with Crippen molar-refractivity contribution in [1.29, 1.82) is 0 Å². The summed E-state index contributed by atoms with van der Waals surface area (Å²) in [6, 6.07) is 3.01. The molecule has 2 aliphatic heterocycles. The van der Waals surface area contributed by atoms with Gasteiger partial charge in [0, 0.05) is 26.1 Å². The van der Waals surface area contributed by atoms with Crippen LogP contribution in [-0.2, 0) is 0 Å². The maximum atomic E-state index is 12.1. The fourth-order valence-corrected chi connectivity index (χ4v) is 3.14. The van der Waals surface area contributed by atoms with E-state index in [1.165, 1.54) is 4.90 Å². The van der Waals surface area contributed by atoms with Gasteiger partial charge in [-0.3, -0.25) is 0 Å². The Morgan fingerprint density at radius 1 is 1.15 bits per heavy atom. The summed E-state index contributed by atoms with van der Waals surface area (Å²) in [5.74, 6) is 0.736. The Hall–Kier alpha value is -2.18. The first-order valence-electron chi connectivity index (χ1n) is 6.60. The van der Waals surface area contributed by atoms with Crippen LogP contribution in [0.5, 0.6) is 0 Å². The second-order valence-electron chi connectivity index (χ2n) is 5.39. The maximum Gasteiger partial charge on any atom is 0.319 e. The normalized spacial score (nSPS) is 33.5. The van der Waals surface area contributed by atoms with Crippen molar-refractivity contribution in [3.63, 3.8) is 0 Å². The lowest BCUT2D eigenvalue weighted by molar-refractivity contribution is 0.0175. The Kier molecular flexibility index (Phi) is 2.84. The zero-order valence-corrected chi connectivity index (χ0v) is 11.7. The minimum atomic E-state index is -0.336. The molecule has 2 fully saturated rings. The molecule has 3 rings (SSSR count). The van der Waals surface area contributed by atoms with Crippen molar-refractivity contribution in [3.05, 3.63) is 24.2 Å². The molecule has 4 atom stereocenters. The Bertz CT molecular complexity index is 530. The second kappa shape index (κ2) is 4.43. The van der Waals surface area contributed by atoms with Gasteiger partial charge in [0.25, 0.3) is 0 Å². The van der Waals surface area contributed by atoms with Crippen molar-refractivity contribution in [3.8, 4) is 0 Å². The largest absolute Gasteiger partial charge is 0.467 e. The van der Waals surface area contributed by atoms with Crippen molar-refractivity contribution in [2.45, 2.75) is 25.2 Å². The third-order valence-electron chi connectivity index (χ3n) is 4.24. The molecule has 0 aliphatic carbocycles. The summed E-state index contributed by atoms with van der Waals surface area (Å²) in [4.78, 5) is 27.2. The van der Waals surface area contributed by atoms with Gasteiger partial charge in [0.15, 0.2) is 0 Å². The van der Waals surface area contributed by atoms with E-state index in [9.17, 15) is 9.59 Å². The smallest absolute Gasteiger partial charge is 0.319 e. The van der Waals surface area contributed by atoms with Gasteiger partial charge in [-0.25, -0.2) is 9.59 Å². The predicted molar refractivity (Wildman–Crippen MR) is 70.8 cm³/mol. The van der Waals surface area contributed by atoms with Crippen molar-refractivity contribution in [2.75, 3.05) is 14.1 Å². The van der Waals surface area contributed by atoms with Crippen molar-refractivity contribution in [1.82, 2.24) is 20.4 Å². The van der Waals surface area contributed by atoms with Gasteiger partial charge in [-0.2, -0.15) is 0 Å².